The largest absolute Gasteiger partial charge is 0.481 e. The Hall–Kier alpha value is -10.6. The van der Waals surface area contributed by atoms with Crippen molar-refractivity contribution in [3.63, 3.8) is 0 Å². The first-order valence-corrected chi connectivity index (χ1v) is 30.9. The Morgan fingerprint density at radius 2 is 0.888 bits per heavy atom. The average molecular weight is 1390 g/mol. The van der Waals surface area contributed by atoms with Gasteiger partial charge in [-0.05, 0) is 83.7 Å². The Labute approximate surface area is 562 Å². The van der Waals surface area contributed by atoms with Crippen molar-refractivity contribution in [1.29, 1.82) is 0 Å². The molecule has 0 heterocycles. The maximum absolute atomic E-state index is 13.9. The molecular weight excluding hydrogens is 1300 g/mol. The van der Waals surface area contributed by atoms with E-state index in [2.05, 4.69) is 63.5 Å². The molecular formula is C58H93N19O21. The number of hydrogen-bond acceptors (Lipinski definition) is 21. The molecule has 12 atom stereocenters. The number of aliphatic imine (C=N–C) groups is 1. The van der Waals surface area contributed by atoms with Crippen molar-refractivity contribution in [3.05, 3.63) is 35.9 Å². The van der Waals surface area contributed by atoms with Crippen molar-refractivity contribution < 1.29 is 102 Å². The summed E-state index contributed by atoms with van der Waals surface area (Å²) in [5, 5.41) is 66.1. The molecule has 0 saturated carbocycles. The maximum atomic E-state index is 13.9. The first-order valence-electron chi connectivity index (χ1n) is 30.9. The number of unbranched alkanes of at least 4 members (excludes halogenated alkanes) is 1. The van der Waals surface area contributed by atoms with Gasteiger partial charge in [0.1, 0.15) is 66.5 Å². The molecule has 40 heteroatoms. The van der Waals surface area contributed by atoms with Crippen LogP contribution in [0.3, 0.4) is 0 Å². The molecule has 0 saturated heterocycles. The van der Waals surface area contributed by atoms with E-state index in [4.69, 9.17) is 34.4 Å². The molecule has 0 unspecified atom stereocenters. The van der Waals surface area contributed by atoms with Crippen LogP contribution >= 0.6 is 0 Å². The second kappa shape index (κ2) is 44.2. The standard InChI is InChI=1S/C58H93N19O21/c1-27(2)20-35(52(92)72-34(57(97)98)16-17-41(61)79)70-43(81)25-66-46(86)28(3)67-47(87)29(4)68-51(91)38(23-44(82)83)76-55(95)39(24-45(84)85)75-50(90)33(15-9-10-18-59)71-48(88)30(5)69-56(96)40(26-78)77-54(94)37(22-42(62)80)74-53(93)36(21-31-12-7-6-8-13-31)73-49(89)32(60)14-11-19-65-58(63)64/h6-8,12-13,27-30,32-40,78H,9-11,14-26,59-60H2,1-5H3,(H2,61,79)(H2,62,80)(H,66,86)(H,67,87)(H,68,91)(H,69,96)(H,70,81)(H,71,88)(H,72,92)(H,73,89)(H,74,93)(H,75,90)(H,76,95)(H,77,94)(H,82,83)(H,84,85)(H,97,98)(H4,63,64,65)/t28-,29-,30-,32-,33-,34-,35-,36-,37-,38-,39-,40-/m0/s1. The average Bonchev–Trinajstić information content (AvgIpc) is 0.869. The van der Waals surface area contributed by atoms with E-state index in [0.29, 0.717) is 5.56 Å². The number of carboxylic acid groups (broad SMARTS) is 3. The Kier molecular flexibility index (Phi) is 38.5. The number of aliphatic hydroxyl groups is 1. The third-order valence-electron chi connectivity index (χ3n) is 14.0. The summed E-state index contributed by atoms with van der Waals surface area (Å²) in [6.07, 6.45) is -3.63. The van der Waals surface area contributed by atoms with Gasteiger partial charge in [-0.1, -0.05) is 44.2 Å². The van der Waals surface area contributed by atoms with Crippen LogP contribution in [0.25, 0.3) is 0 Å². The lowest BCUT2D eigenvalue weighted by Crippen LogP contribution is -2.61. The van der Waals surface area contributed by atoms with E-state index in [9.17, 15) is 102 Å². The van der Waals surface area contributed by atoms with Gasteiger partial charge in [0.2, 0.25) is 82.7 Å². The summed E-state index contributed by atoms with van der Waals surface area (Å²) in [5.74, 6) is -20.5. The summed E-state index contributed by atoms with van der Waals surface area (Å²) < 4.78 is 0. The zero-order valence-electron chi connectivity index (χ0n) is 54.8. The molecule has 40 nitrogen and oxygen atoms in total. The molecule has 0 spiro atoms. The fourth-order valence-corrected chi connectivity index (χ4v) is 8.76. The first-order chi connectivity index (χ1) is 45.9. The minimum absolute atomic E-state index is 0.0149. The fourth-order valence-electron chi connectivity index (χ4n) is 8.76. The number of amides is 14. The van der Waals surface area contributed by atoms with Crippen LogP contribution in [-0.4, -0.2) is 226 Å². The van der Waals surface area contributed by atoms with E-state index in [1.807, 2.05) is 5.32 Å². The Bertz CT molecular complexity index is 3010. The zero-order valence-corrected chi connectivity index (χ0v) is 54.8. The van der Waals surface area contributed by atoms with Crippen molar-refractivity contribution >= 4 is 107 Å². The smallest absolute Gasteiger partial charge is 0.326 e. The number of carbonyl (C=O) groups excluding carboxylic acids is 14. The van der Waals surface area contributed by atoms with E-state index in [1.54, 1.807) is 44.2 Å². The summed E-state index contributed by atoms with van der Waals surface area (Å²) in [6, 6.07) is -11.4. The highest BCUT2D eigenvalue weighted by atomic mass is 16.4. The van der Waals surface area contributed by atoms with Gasteiger partial charge in [0, 0.05) is 19.4 Å². The highest BCUT2D eigenvalue weighted by molar-refractivity contribution is 6.01. The fraction of sp³-hybridized carbons (Fsp3) is 0.586. The van der Waals surface area contributed by atoms with Gasteiger partial charge in [-0.15, -0.1) is 0 Å². The first kappa shape index (κ1) is 85.4. The van der Waals surface area contributed by atoms with Crippen molar-refractivity contribution in [2.45, 2.75) is 184 Å². The number of carboxylic acids is 3. The molecule has 0 fully saturated rings. The SMILES string of the molecule is CC(C)C[C@H](NC(=O)CNC(=O)[C@H](C)NC(=O)[C@H](C)NC(=O)[C@H](CC(=O)O)NC(=O)[C@H](CC(=O)O)NC(=O)[C@H](CCCCN)NC(=O)[C@H](C)NC(=O)[C@H](CO)NC(=O)[C@H](CC(N)=O)NC(=O)[C@H](Cc1ccccc1)NC(=O)[C@@H](N)CCCN=C(N)N)C(=O)N[C@@H](CCC(N)=O)C(=O)O. The number of aliphatic carboxylic acids is 3. The van der Waals surface area contributed by atoms with Gasteiger partial charge in [0.05, 0.1) is 38.5 Å². The van der Waals surface area contributed by atoms with Crippen molar-refractivity contribution in [1.82, 2.24) is 63.8 Å². The lowest BCUT2D eigenvalue weighted by Gasteiger charge is -2.26. The van der Waals surface area contributed by atoms with E-state index < -0.39 is 206 Å². The van der Waals surface area contributed by atoms with Gasteiger partial charge in [-0.25, -0.2) is 4.79 Å². The molecule has 0 aliphatic heterocycles. The number of rotatable bonds is 47. The Balaban J connectivity index is 3.21. The van der Waals surface area contributed by atoms with Crippen molar-refractivity contribution in [3.8, 4) is 0 Å². The van der Waals surface area contributed by atoms with Crippen LogP contribution in [0.4, 0.5) is 0 Å². The molecule has 1 rings (SSSR count). The molecule has 0 bridgehead atoms. The lowest BCUT2D eigenvalue weighted by atomic mass is 10.0. The quantitative estimate of drug-likeness (QED) is 0.0164. The summed E-state index contributed by atoms with van der Waals surface area (Å²) in [6.45, 7) is 5.06. The topological polar surface area (TPSA) is 684 Å². The van der Waals surface area contributed by atoms with E-state index in [1.165, 1.54) is 0 Å². The predicted molar refractivity (Wildman–Crippen MR) is 343 cm³/mol. The van der Waals surface area contributed by atoms with Crippen molar-refractivity contribution in [2.24, 2.45) is 45.3 Å². The number of nitrogens with one attached hydrogen (secondary N) is 12. The number of nitrogens with two attached hydrogens (primary N) is 6. The van der Waals surface area contributed by atoms with Gasteiger partial charge in [-0.2, -0.15) is 0 Å². The van der Waals surface area contributed by atoms with Gasteiger partial charge in [-0.3, -0.25) is 81.7 Å². The number of guanidine groups is 1. The molecule has 98 heavy (non-hydrogen) atoms. The maximum Gasteiger partial charge on any atom is 0.326 e. The Morgan fingerprint density at radius 1 is 0.449 bits per heavy atom. The lowest BCUT2D eigenvalue weighted by molar-refractivity contribution is -0.143. The van der Waals surface area contributed by atoms with Crippen LogP contribution in [0.2, 0.25) is 0 Å². The van der Waals surface area contributed by atoms with Crippen LogP contribution < -0.4 is 98.2 Å². The molecule has 1 aromatic rings. The number of aliphatic hydroxyl groups excluding tert-OH is 1. The monoisotopic (exact) mass is 1390 g/mol. The number of hydrogen-bond donors (Lipinski definition) is 22. The van der Waals surface area contributed by atoms with Gasteiger partial charge >= 0.3 is 17.9 Å². The molecule has 0 aliphatic rings. The molecule has 14 amide bonds. The van der Waals surface area contributed by atoms with Crippen molar-refractivity contribution in [2.75, 3.05) is 26.2 Å². The molecule has 28 N–H and O–H groups in total. The van der Waals surface area contributed by atoms with Crippen LogP contribution in [0.15, 0.2) is 35.3 Å². The molecule has 1 aromatic carbocycles. The van der Waals surface area contributed by atoms with Crippen LogP contribution in [-0.2, 0) is 87.9 Å². The molecule has 0 radical (unpaired) electrons. The zero-order chi connectivity index (χ0) is 74.5. The third kappa shape index (κ3) is 34.2. The number of primary amides is 2. The van der Waals surface area contributed by atoms with E-state index in [-0.39, 0.29) is 82.8 Å². The number of benzene rings is 1. The van der Waals surface area contributed by atoms with Gasteiger partial charge in [0.15, 0.2) is 5.96 Å². The summed E-state index contributed by atoms with van der Waals surface area (Å²) in [5.41, 5.74) is 33.4. The summed E-state index contributed by atoms with van der Waals surface area (Å²) in [4.78, 5) is 224. The van der Waals surface area contributed by atoms with E-state index >= 15 is 0 Å². The van der Waals surface area contributed by atoms with Crippen LogP contribution in [0.1, 0.15) is 111 Å². The number of nitrogens with zero attached hydrogens (tertiary/aromatic N) is 1. The van der Waals surface area contributed by atoms with Gasteiger partial charge in [0.25, 0.3) is 0 Å². The molecule has 546 valence electrons. The third-order valence-corrected chi connectivity index (χ3v) is 14.0. The van der Waals surface area contributed by atoms with Crippen LogP contribution in [0.5, 0.6) is 0 Å². The second-order valence-electron chi connectivity index (χ2n) is 23.0. The van der Waals surface area contributed by atoms with Gasteiger partial charge < -0.3 is 119 Å². The second-order valence-corrected chi connectivity index (χ2v) is 23.0. The highest BCUT2D eigenvalue weighted by Gasteiger charge is 2.37. The predicted octanol–water partition coefficient (Wildman–Crippen LogP) is -9.54. The summed E-state index contributed by atoms with van der Waals surface area (Å²) in [7, 11) is 0. The Morgan fingerprint density at radius 3 is 1.38 bits per heavy atom. The highest BCUT2D eigenvalue weighted by Crippen LogP contribution is 2.11. The normalized spacial score (nSPS) is 14.5. The minimum atomic E-state index is -2.11. The molecule has 0 aromatic heterocycles. The molecule has 0 aliphatic carbocycles. The minimum Gasteiger partial charge on any atom is -0.481 e. The number of carbonyl (C=O) groups is 17. The van der Waals surface area contributed by atoms with E-state index in [0.717, 1.165) is 20.8 Å². The van der Waals surface area contributed by atoms with Crippen LogP contribution in [0, 0.1) is 5.92 Å². The summed E-state index contributed by atoms with van der Waals surface area (Å²) >= 11 is 0.